The van der Waals surface area contributed by atoms with Gasteiger partial charge in [-0.3, -0.25) is 4.99 Å². The first-order valence-electron chi connectivity index (χ1n) is 8.07. The van der Waals surface area contributed by atoms with Crippen molar-refractivity contribution < 1.29 is 9.47 Å². The van der Waals surface area contributed by atoms with Crippen LogP contribution in [0.3, 0.4) is 0 Å². The Balaban J connectivity index is 0.00000192. The summed E-state index contributed by atoms with van der Waals surface area (Å²) < 4.78 is 10.6. The zero-order chi connectivity index (χ0) is 15.4. The van der Waals surface area contributed by atoms with E-state index in [0.717, 1.165) is 43.5 Å². The highest BCUT2D eigenvalue weighted by molar-refractivity contribution is 14.0. The van der Waals surface area contributed by atoms with Crippen molar-refractivity contribution in [2.45, 2.75) is 31.7 Å². The molecule has 0 saturated carbocycles. The number of ether oxygens (including phenoxy) is 2. The third-order valence-corrected chi connectivity index (χ3v) is 4.46. The summed E-state index contributed by atoms with van der Waals surface area (Å²) in [6.07, 6.45) is 4.82. The molecule has 0 radical (unpaired) electrons. The van der Waals surface area contributed by atoms with Gasteiger partial charge in [0.1, 0.15) is 11.5 Å². The van der Waals surface area contributed by atoms with Crippen LogP contribution in [0, 0.1) is 0 Å². The lowest BCUT2D eigenvalue weighted by Gasteiger charge is -2.32. The van der Waals surface area contributed by atoms with Crippen LogP contribution >= 0.6 is 24.0 Å². The zero-order valence-corrected chi connectivity index (χ0v) is 16.2. The molecule has 2 heterocycles. The highest BCUT2D eigenvalue weighted by Crippen LogP contribution is 2.23. The average molecular weight is 431 g/mol. The van der Waals surface area contributed by atoms with E-state index in [0.29, 0.717) is 6.04 Å². The number of hydrogen-bond acceptors (Lipinski definition) is 5. The second-order valence-electron chi connectivity index (χ2n) is 5.90. The maximum Gasteiger partial charge on any atom is 0.194 e. The molecule has 128 valence electrons. The molecular formula is C17H26IN3O2. The largest absolute Gasteiger partial charge is 0.497 e. The molecule has 0 aliphatic carbocycles. The summed E-state index contributed by atoms with van der Waals surface area (Å²) in [5.74, 6) is 2.76. The number of piperidine rings is 1. The fraction of sp³-hybridized carbons (Fsp3) is 0.588. The summed E-state index contributed by atoms with van der Waals surface area (Å²) in [5, 5.41) is 3.50. The Morgan fingerprint density at radius 3 is 2.61 bits per heavy atom. The molecule has 1 saturated heterocycles. The van der Waals surface area contributed by atoms with Gasteiger partial charge in [0, 0.05) is 19.2 Å². The van der Waals surface area contributed by atoms with Crippen molar-refractivity contribution in [2.24, 2.45) is 4.99 Å². The van der Waals surface area contributed by atoms with Crippen LogP contribution in [0.2, 0.25) is 0 Å². The number of aliphatic imine (C=N–C) groups is 1. The average Bonchev–Trinajstić information content (AvgIpc) is 2.98. The SMILES string of the molecule is COc1cc(CCNC2=NC[C@@H]3CCCCN23)cc(OC)c1.I. The van der Waals surface area contributed by atoms with E-state index in [9.17, 15) is 0 Å². The molecule has 1 aromatic rings. The predicted molar refractivity (Wildman–Crippen MR) is 103 cm³/mol. The fourth-order valence-electron chi connectivity index (χ4n) is 3.24. The van der Waals surface area contributed by atoms with Gasteiger partial charge in [-0.2, -0.15) is 0 Å². The monoisotopic (exact) mass is 431 g/mol. The summed E-state index contributed by atoms with van der Waals surface area (Å²) in [6.45, 7) is 2.97. The quantitative estimate of drug-likeness (QED) is 0.729. The molecule has 1 atom stereocenters. The van der Waals surface area contributed by atoms with Gasteiger partial charge in [0.2, 0.25) is 0 Å². The van der Waals surface area contributed by atoms with Crippen LogP contribution in [0.15, 0.2) is 23.2 Å². The Morgan fingerprint density at radius 2 is 1.91 bits per heavy atom. The standard InChI is InChI=1S/C17H25N3O2.HI/c1-21-15-9-13(10-16(11-15)22-2)6-7-18-17-19-12-14-5-3-4-8-20(14)17;/h9-11,14H,3-8,12H2,1-2H3,(H,18,19);1H/t14-;/m0./s1. The number of halogens is 1. The molecule has 1 aromatic carbocycles. The predicted octanol–water partition coefficient (Wildman–Crippen LogP) is 2.68. The van der Waals surface area contributed by atoms with Crippen LogP contribution < -0.4 is 14.8 Å². The summed E-state index contributed by atoms with van der Waals surface area (Å²) in [4.78, 5) is 7.10. The highest BCUT2D eigenvalue weighted by Gasteiger charge is 2.29. The minimum absolute atomic E-state index is 0. The van der Waals surface area contributed by atoms with Crippen LogP contribution in [0.25, 0.3) is 0 Å². The van der Waals surface area contributed by atoms with Gasteiger partial charge in [-0.1, -0.05) is 0 Å². The number of benzene rings is 1. The molecular weight excluding hydrogens is 405 g/mol. The van der Waals surface area contributed by atoms with Gasteiger partial charge in [-0.25, -0.2) is 0 Å². The normalized spacial score (nSPS) is 19.5. The van der Waals surface area contributed by atoms with E-state index in [1.165, 1.54) is 24.8 Å². The molecule has 1 N–H and O–H groups in total. The highest BCUT2D eigenvalue weighted by atomic mass is 127. The van der Waals surface area contributed by atoms with Gasteiger partial charge in [-0.15, -0.1) is 24.0 Å². The zero-order valence-electron chi connectivity index (χ0n) is 13.9. The summed E-state index contributed by atoms with van der Waals surface area (Å²) in [6, 6.07) is 6.65. The van der Waals surface area contributed by atoms with Gasteiger partial charge < -0.3 is 19.7 Å². The fourth-order valence-corrected chi connectivity index (χ4v) is 3.24. The van der Waals surface area contributed by atoms with Crippen LogP contribution in [0.5, 0.6) is 11.5 Å². The number of nitrogens with zero attached hydrogens (tertiary/aromatic N) is 2. The van der Waals surface area contributed by atoms with Gasteiger partial charge in [-0.05, 0) is 43.4 Å². The van der Waals surface area contributed by atoms with Crippen molar-refractivity contribution in [3.05, 3.63) is 23.8 Å². The minimum atomic E-state index is 0. The van der Waals surface area contributed by atoms with Crippen molar-refractivity contribution in [2.75, 3.05) is 33.9 Å². The molecule has 3 rings (SSSR count). The Kier molecular flexibility index (Phi) is 6.80. The van der Waals surface area contributed by atoms with E-state index >= 15 is 0 Å². The van der Waals surface area contributed by atoms with Gasteiger partial charge in [0.15, 0.2) is 5.96 Å². The van der Waals surface area contributed by atoms with Crippen molar-refractivity contribution in [3.8, 4) is 11.5 Å². The smallest absolute Gasteiger partial charge is 0.194 e. The summed E-state index contributed by atoms with van der Waals surface area (Å²) in [7, 11) is 3.36. The van der Waals surface area contributed by atoms with E-state index in [1.54, 1.807) is 14.2 Å². The van der Waals surface area contributed by atoms with Crippen molar-refractivity contribution in [1.82, 2.24) is 10.2 Å². The van der Waals surface area contributed by atoms with Crippen molar-refractivity contribution >= 4 is 29.9 Å². The number of hydrogen-bond donors (Lipinski definition) is 1. The Bertz CT molecular complexity index is 528. The number of fused-ring (bicyclic) bond motifs is 1. The van der Waals surface area contributed by atoms with Crippen LogP contribution in [-0.2, 0) is 6.42 Å². The first kappa shape index (κ1) is 18.2. The maximum atomic E-state index is 5.32. The second kappa shape index (κ2) is 8.61. The van der Waals surface area contributed by atoms with E-state index in [4.69, 9.17) is 9.47 Å². The lowest BCUT2D eigenvalue weighted by atomic mass is 10.0. The molecule has 0 amide bonds. The number of rotatable bonds is 5. The van der Waals surface area contributed by atoms with E-state index in [1.807, 2.05) is 6.07 Å². The van der Waals surface area contributed by atoms with Crippen molar-refractivity contribution in [3.63, 3.8) is 0 Å². The number of nitrogens with one attached hydrogen (secondary N) is 1. The van der Waals surface area contributed by atoms with E-state index in [2.05, 4.69) is 27.3 Å². The number of methoxy groups -OCH3 is 2. The Labute approximate surface area is 155 Å². The molecule has 1 fully saturated rings. The molecule has 0 aromatic heterocycles. The minimum Gasteiger partial charge on any atom is -0.497 e. The first-order valence-corrected chi connectivity index (χ1v) is 8.07. The van der Waals surface area contributed by atoms with Crippen LogP contribution in [0.4, 0.5) is 0 Å². The molecule has 23 heavy (non-hydrogen) atoms. The van der Waals surface area contributed by atoms with Crippen LogP contribution in [-0.4, -0.2) is 50.8 Å². The third-order valence-electron chi connectivity index (χ3n) is 4.46. The Hall–Kier alpha value is -1.18. The summed E-state index contributed by atoms with van der Waals surface area (Å²) in [5.41, 5.74) is 1.21. The molecule has 5 nitrogen and oxygen atoms in total. The molecule has 0 spiro atoms. The lowest BCUT2D eigenvalue weighted by Crippen LogP contribution is -2.46. The molecule has 2 aliphatic rings. The van der Waals surface area contributed by atoms with Gasteiger partial charge in [0.05, 0.1) is 26.8 Å². The maximum absolute atomic E-state index is 5.32. The molecule has 0 unspecified atom stereocenters. The lowest BCUT2D eigenvalue weighted by molar-refractivity contribution is 0.262. The summed E-state index contributed by atoms with van der Waals surface area (Å²) >= 11 is 0. The second-order valence-corrected chi connectivity index (χ2v) is 5.90. The van der Waals surface area contributed by atoms with E-state index < -0.39 is 0 Å². The molecule has 0 bridgehead atoms. The number of guanidine groups is 1. The van der Waals surface area contributed by atoms with Gasteiger partial charge >= 0.3 is 0 Å². The Morgan fingerprint density at radius 1 is 1.17 bits per heavy atom. The van der Waals surface area contributed by atoms with Crippen LogP contribution in [0.1, 0.15) is 24.8 Å². The van der Waals surface area contributed by atoms with Crippen molar-refractivity contribution in [1.29, 1.82) is 0 Å². The van der Waals surface area contributed by atoms with E-state index in [-0.39, 0.29) is 24.0 Å². The molecule has 2 aliphatic heterocycles. The topological polar surface area (TPSA) is 46.1 Å². The first-order chi connectivity index (χ1) is 10.8. The van der Waals surface area contributed by atoms with Gasteiger partial charge in [0.25, 0.3) is 0 Å². The molecule has 6 heteroatoms. The third kappa shape index (κ3) is 4.43.